The summed E-state index contributed by atoms with van der Waals surface area (Å²) >= 11 is 0. The lowest BCUT2D eigenvalue weighted by Crippen LogP contribution is -2.42. The summed E-state index contributed by atoms with van der Waals surface area (Å²) in [7, 11) is 0. The highest BCUT2D eigenvalue weighted by Crippen LogP contribution is 2.36. The molecule has 2 rings (SSSR count). The molecule has 1 saturated carbocycles. The first-order chi connectivity index (χ1) is 4.79. The fraction of sp³-hybridized carbons (Fsp3) is 0.500. The van der Waals surface area contributed by atoms with E-state index in [9.17, 15) is 9.59 Å². The second-order valence-electron chi connectivity index (χ2n) is 2.92. The first kappa shape index (κ1) is 5.83. The van der Waals surface area contributed by atoms with Gasteiger partial charge in [0.1, 0.15) is 5.78 Å². The maximum Gasteiger partial charge on any atom is 0.159 e. The molecule has 2 heteroatoms. The van der Waals surface area contributed by atoms with Gasteiger partial charge in [0.2, 0.25) is 0 Å². The summed E-state index contributed by atoms with van der Waals surface area (Å²) in [6.45, 7) is 0. The molecule has 0 aromatic rings. The van der Waals surface area contributed by atoms with Crippen molar-refractivity contribution in [3.63, 3.8) is 0 Å². The Labute approximate surface area is 58.9 Å². The van der Waals surface area contributed by atoms with E-state index in [1.165, 1.54) is 0 Å². The van der Waals surface area contributed by atoms with E-state index in [2.05, 4.69) is 0 Å². The van der Waals surface area contributed by atoms with Gasteiger partial charge in [0.25, 0.3) is 0 Å². The summed E-state index contributed by atoms with van der Waals surface area (Å²) in [6.07, 6.45) is 4.69. The van der Waals surface area contributed by atoms with Gasteiger partial charge in [0.15, 0.2) is 5.78 Å². The minimum Gasteiger partial charge on any atom is -0.299 e. The van der Waals surface area contributed by atoms with Gasteiger partial charge >= 0.3 is 0 Å². The largest absolute Gasteiger partial charge is 0.299 e. The Morgan fingerprint density at radius 3 is 2.70 bits per heavy atom. The van der Waals surface area contributed by atoms with Crippen molar-refractivity contribution in [2.75, 3.05) is 0 Å². The Bertz CT molecular complexity index is 227. The van der Waals surface area contributed by atoms with Crippen molar-refractivity contribution in [1.82, 2.24) is 0 Å². The average Bonchev–Trinajstić information content (AvgIpc) is 1.91. The summed E-state index contributed by atoms with van der Waals surface area (Å²) < 4.78 is 0. The van der Waals surface area contributed by atoms with Crippen molar-refractivity contribution in [3.8, 4) is 0 Å². The molecule has 0 saturated heterocycles. The Morgan fingerprint density at radius 1 is 1.30 bits per heavy atom. The molecule has 0 aromatic heterocycles. The van der Waals surface area contributed by atoms with E-state index in [-0.39, 0.29) is 23.4 Å². The van der Waals surface area contributed by atoms with Gasteiger partial charge in [0.05, 0.1) is 0 Å². The van der Waals surface area contributed by atoms with Crippen LogP contribution < -0.4 is 0 Å². The molecule has 0 amide bonds. The smallest absolute Gasteiger partial charge is 0.159 e. The maximum atomic E-state index is 11.0. The number of hydrogen-bond acceptors (Lipinski definition) is 2. The van der Waals surface area contributed by atoms with Crippen molar-refractivity contribution in [3.05, 3.63) is 12.2 Å². The van der Waals surface area contributed by atoms with Gasteiger partial charge in [-0.05, 0) is 12.5 Å². The molecule has 0 aliphatic heterocycles. The van der Waals surface area contributed by atoms with Crippen molar-refractivity contribution in [2.45, 2.75) is 12.8 Å². The standard InChI is InChI=1S/C8H8O2/c9-7-3-1-2-5-6(7)4-8(5)10/h1,3,5-6H,2,4H2/t5-,6-/m0/s1. The number of rotatable bonds is 0. The van der Waals surface area contributed by atoms with Gasteiger partial charge in [-0.25, -0.2) is 0 Å². The number of fused-ring (bicyclic) bond motifs is 1. The molecular formula is C8H8O2. The molecule has 0 heterocycles. The normalized spacial score (nSPS) is 37.2. The lowest BCUT2D eigenvalue weighted by Gasteiger charge is -2.34. The Hall–Kier alpha value is -0.920. The molecule has 1 fully saturated rings. The van der Waals surface area contributed by atoms with Gasteiger partial charge < -0.3 is 0 Å². The van der Waals surface area contributed by atoms with E-state index in [0.717, 1.165) is 6.42 Å². The zero-order valence-electron chi connectivity index (χ0n) is 5.54. The van der Waals surface area contributed by atoms with Crippen LogP contribution in [0.25, 0.3) is 0 Å². The molecule has 0 spiro atoms. The van der Waals surface area contributed by atoms with Crippen LogP contribution in [-0.4, -0.2) is 11.6 Å². The molecule has 0 radical (unpaired) electrons. The number of allylic oxidation sites excluding steroid dienone is 2. The van der Waals surface area contributed by atoms with Crippen LogP contribution in [0.4, 0.5) is 0 Å². The first-order valence-electron chi connectivity index (χ1n) is 3.52. The van der Waals surface area contributed by atoms with Crippen molar-refractivity contribution in [1.29, 1.82) is 0 Å². The van der Waals surface area contributed by atoms with Gasteiger partial charge in [-0.15, -0.1) is 0 Å². The van der Waals surface area contributed by atoms with Crippen LogP contribution in [-0.2, 0) is 9.59 Å². The third kappa shape index (κ3) is 0.589. The fourth-order valence-electron chi connectivity index (χ4n) is 1.62. The minimum atomic E-state index is 0.0532. The van der Waals surface area contributed by atoms with Crippen LogP contribution in [0.3, 0.4) is 0 Å². The molecule has 0 N–H and O–H groups in total. The SMILES string of the molecule is O=C1C=CC[C@@H]2C(=O)C[C@H]12. The maximum absolute atomic E-state index is 11.0. The Morgan fingerprint density at radius 2 is 2.10 bits per heavy atom. The zero-order chi connectivity index (χ0) is 7.14. The van der Waals surface area contributed by atoms with E-state index >= 15 is 0 Å². The summed E-state index contributed by atoms with van der Waals surface area (Å²) in [4.78, 5) is 21.8. The molecule has 0 unspecified atom stereocenters. The van der Waals surface area contributed by atoms with Gasteiger partial charge in [-0.3, -0.25) is 9.59 Å². The number of carbonyl (C=O) groups excluding carboxylic acids is 2. The summed E-state index contributed by atoms with van der Waals surface area (Å²) in [6, 6.07) is 0. The van der Waals surface area contributed by atoms with Gasteiger partial charge in [0, 0.05) is 18.3 Å². The Kier molecular flexibility index (Phi) is 1.04. The van der Waals surface area contributed by atoms with Gasteiger partial charge in [-0.1, -0.05) is 6.08 Å². The zero-order valence-corrected chi connectivity index (χ0v) is 5.54. The quantitative estimate of drug-likeness (QED) is 0.491. The van der Waals surface area contributed by atoms with Crippen molar-refractivity contribution >= 4 is 11.6 Å². The number of ketones is 2. The van der Waals surface area contributed by atoms with Gasteiger partial charge in [-0.2, -0.15) is 0 Å². The highest BCUT2D eigenvalue weighted by atomic mass is 16.1. The lowest BCUT2D eigenvalue weighted by atomic mass is 9.66. The van der Waals surface area contributed by atoms with Crippen LogP contribution in [0.2, 0.25) is 0 Å². The third-order valence-corrected chi connectivity index (χ3v) is 2.36. The van der Waals surface area contributed by atoms with Crippen LogP contribution in [0.5, 0.6) is 0 Å². The van der Waals surface area contributed by atoms with Crippen LogP contribution >= 0.6 is 0 Å². The van der Waals surface area contributed by atoms with E-state index in [4.69, 9.17) is 0 Å². The second kappa shape index (κ2) is 1.78. The summed E-state index contributed by atoms with van der Waals surface area (Å²) in [5.41, 5.74) is 0. The highest BCUT2D eigenvalue weighted by molar-refractivity contribution is 6.04. The van der Waals surface area contributed by atoms with E-state index in [0.29, 0.717) is 6.42 Å². The molecular weight excluding hydrogens is 128 g/mol. The molecule has 0 bridgehead atoms. The third-order valence-electron chi connectivity index (χ3n) is 2.36. The number of hydrogen-bond donors (Lipinski definition) is 0. The monoisotopic (exact) mass is 136 g/mol. The molecule has 52 valence electrons. The second-order valence-corrected chi connectivity index (χ2v) is 2.92. The fourth-order valence-corrected chi connectivity index (χ4v) is 1.62. The van der Waals surface area contributed by atoms with E-state index in [1.807, 2.05) is 0 Å². The number of Topliss-reactive ketones (excluding diaryl/α,β-unsaturated/α-hetero) is 1. The summed E-state index contributed by atoms with van der Waals surface area (Å²) in [5, 5.41) is 0. The molecule has 2 aliphatic carbocycles. The molecule has 2 atom stereocenters. The van der Waals surface area contributed by atoms with E-state index < -0.39 is 0 Å². The predicted octanol–water partition coefficient (Wildman–Crippen LogP) is 0.721. The lowest BCUT2D eigenvalue weighted by molar-refractivity contribution is -0.141. The Balaban J connectivity index is 2.24. The molecule has 10 heavy (non-hydrogen) atoms. The topological polar surface area (TPSA) is 34.1 Å². The molecule has 2 nitrogen and oxygen atoms in total. The van der Waals surface area contributed by atoms with E-state index in [1.54, 1.807) is 12.2 Å². The van der Waals surface area contributed by atoms with Crippen molar-refractivity contribution in [2.24, 2.45) is 11.8 Å². The predicted molar refractivity (Wildman–Crippen MR) is 35.4 cm³/mol. The molecule has 0 aromatic carbocycles. The van der Waals surface area contributed by atoms with Crippen LogP contribution in [0, 0.1) is 11.8 Å². The summed E-state index contributed by atoms with van der Waals surface area (Å²) in [5.74, 6) is 0.522. The molecule has 2 aliphatic rings. The minimum absolute atomic E-state index is 0.0532. The van der Waals surface area contributed by atoms with Crippen molar-refractivity contribution < 1.29 is 9.59 Å². The van der Waals surface area contributed by atoms with Crippen LogP contribution in [0.15, 0.2) is 12.2 Å². The highest BCUT2D eigenvalue weighted by Gasteiger charge is 2.43. The average molecular weight is 136 g/mol. The van der Waals surface area contributed by atoms with Crippen LogP contribution in [0.1, 0.15) is 12.8 Å². The first-order valence-corrected chi connectivity index (χ1v) is 3.52. The number of carbonyl (C=O) groups is 2.